The van der Waals surface area contributed by atoms with E-state index in [4.69, 9.17) is 16.9 Å². The second-order valence-electron chi connectivity index (χ2n) is 4.21. The molecule has 0 N–H and O–H groups in total. The minimum Gasteiger partial charge on any atom is -0.198 e. The molecule has 2 rings (SSSR count). The Hall–Kier alpha value is -2.29. The topological polar surface area (TPSA) is 47.6 Å². The molecule has 0 bridgehead atoms. The van der Waals surface area contributed by atoms with Crippen molar-refractivity contribution in [1.82, 2.24) is 0 Å². The molecule has 2 nitrogen and oxygen atoms in total. The number of halogens is 1. The Morgan fingerprint density at radius 2 is 1.84 bits per heavy atom. The van der Waals surface area contributed by atoms with E-state index in [9.17, 15) is 5.26 Å². The lowest BCUT2D eigenvalue weighted by Gasteiger charge is -2.11. The van der Waals surface area contributed by atoms with Crippen molar-refractivity contribution in [3.63, 3.8) is 0 Å². The molecular formula is C16H11ClN2. The Kier molecular flexibility index (Phi) is 4.18. The van der Waals surface area contributed by atoms with Gasteiger partial charge in [0, 0.05) is 5.02 Å². The zero-order chi connectivity index (χ0) is 13.7. The standard InChI is InChI=1S/C16H11ClN2/c17-16-7-2-1-5-14(16)9-15(11-19)13-6-3-4-12(8-13)10-18/h1-8,15H,9H2. The zero-order valence-corrected chi connectivity index (χ0v) is 10.9. The summed E-state index contributed by atoms with van der Waals surface area (Å²) in [5, 5.41) is 18.9. The van der Waals surface area contributed by atoms with Crippen LogP contribution in [0.3, 0.4) is 0 Å². The molecule has 0 aliphatic heterocycles. The first kappa shape index (κ1) is 13.1. The number of nitriles is 2. The zero-order valence-electron chi connectivity index (χ0n) is 10.2. The van der Waals surface area contributed by atoms with Gasteiger partial charge < -0.3 is 0 Å². The number of nitrogens with zero attached hydrogens (tertiary/aromatic N) is 2. The largest absolute Gasteiger partial charge is 0.198 e. The molecule has 19 heavy (non-hydrogen) atoms. The minimum absolute atomic E-state index is 0.298. The van der Waals surface area contributed by atoms with Crippen LogP contribution in [0.1, 0.15) is 22.6 Å². The summed E-state index contributed by atoms with van der Waals surface area (Å²) >= 11 is 6.11. The first-order valence-corrected chi connectivity index (χ1v) is 6.25. The van der Waals surface area contributed by atoms with Gasteiger partial charge in [-0.3, -0.25) is 0 Å². The smallest absolute Gasteiger partial charge is 0.0991 e. The maximum Gasteiger partial charge on any atom is 0.0991 e. The van der Waals surface area contributed by atoms with Crippen molar-refractivity contribution in [3.05, 3.63) is 70.2 Å². The molecule has 2 aromatic carbocycles. The summed E-state index contributed by atoms with van der Waals surface area (Å²) < 4.78 is 0. The lowest BCUT2D eigenvalue weighted by Crippen LogP contribution is -2.01. The highest BCUT2D eigenvalue weighted by molar-refractivity contribution is 6.31. The highest BCUT2D eigenvalue weighted by Crippen LogP contribution is 2.25. The summed E-state index contributed by atoms with van der Waals surface area (Å²) in [7, 11) is 0. The van der Waals surface area contributed by atoms with Gasteiger partial charge in [-0.2, -0.15) is 10.5 Å². The molecular weight excluding hydrogens is 256 g/mol. The van der Waals surface area contributed by atoms with Crippen LogP contribution in [0.15, 0.2) is 48.5 Å². The van der Waals surface area contributed by atoms with Crippen LogP contribution in [0.4, 0.5) is 0 Å². The molecule has 0 amide bonds. The molecule has 0 aliphatic carbocycles. The van der Waals surface area contributed by atoms with Gasteiger partial charge in [0.25, 0.3) is 0 Å². The summed E-state index contributed by atoms with van der Waals surface area (Å²) in [5.41, 5.74) is 2.36. The van der Waals surface area contributed by atoms with Crippen molar-refractivity contribution >= 4 is 11.6 Å². The number of hydrogen-bond acceptors (Lipinski definition) is 2. The summed E-state index contributed by atoms with van der Waals surface area (Å²) in [6, 6.07) is 19.0. The molecule has 0 spiro atoms. The predicted octanol–water partition coefficient (Wildman–Crippen LogP) is 4.06. The third-order valence-electron chi connectivity index (χ3n) is 2.96. The van der Waals surface area contributed by atoms with E-state index in [1.54, 1.807) is 18.2 Å². The maximum absolute atomic E-state index is 9.32. The van der Waals surface area contributed by atoms with E-state index >= 15 is 0 Å². The average molecular weight is 267 g/mol. The van der Waals surface area contributed by atoms with Gasteiger partial charge in [0.1, 0.15) is 0 Å². The van der Waals surface area contributed by atoms with Crippen LogP contribution in [0.5, 0.6) is 0 Å². The van der Waals surface area contributed by atoms with Gasteiger partial charge in [-0.1, -0.05) is 41.9 Å². The van der Waals surface area contributed by atoms with Crippen LogP contribution in [-0.2, 0) is 6.42 Å². The molecule has 2 aromatic rings. The molecule has 1 atom stereocenters. The van der Waals surface area contributed by atoms with Crippen LogP contribution in [0, 0.1) is 22.7 Å². The van der Waals surface area contributed by atoms with Crippen molar-refractivity contribution in [2.45, 2.75) is 12.3 Å². The maximum atomic E-state index is 9.32. The summed E-state index contributed by atoms with van der Waals surface area (Å²) in [6.45, 7) is 0. The Bertz CT molecular complexity index is 665. The summed E-state index contributed by atoms with van der Waals surface area (Å²) in [6.07, 6.45) is 0.547. The SMILES string of the molecule is N#Cc1cccc(C(C#N)Cc2ccccc2Cl)c1. The fourth-order valence-electron chi connectivity index (χ4n) is 1.95. The van der Waals surface area contributed by atoms with Gasteiger partial charge in [0.05, 0.1) is 23.6 Å². The number of rotatable bonds is 3. The molecule has 92 valence electrons. The van der Waals surface area contributed by atoms with Gasteiger partial charge in [-0.05, 0) is 35.7 Å². The first-order valence-electron chi connectivity index (χ1n) is 5.87. The van der Waals surface area contributed by atoms with E-state index in [1.807, 2.05) is 30.3 Å². The molecule has 0 fully saturated rings. The molecule has 0 aromatic heterocycles. The third kappa shape index (κ3) is 3.13. The Morgan fingerprint density at radius 3 is 2.53 bits per heavy atom. The molecule has 0 saturated heterocycles. The molecule has 0 heterocycles. The van der Waals surface area contributed by atoms with Gasteiger partial charge in [-0.25, -0.2) is 0 Å². The Balaban J connectivity index is 2.29. The van der Waals surface area contributed by atoms with Gasteiger partial charge in [-0.15, -0.1) is 0 Å². The number of hydrogen-bond donors (Lipinski definition) is 0. The second kappa shape index (κ2) is 6.05. The lowest BCUT2D eigenvalue weighted by atomic mass is 9.92. The van der Waals surface area contributed by atoms with Crippen molar-refractivity contribution in [2.24, 2.45) is 0 Å². The first-order chi connectivity index (χ1) is 9.24. The molecule has 0 aliphatic rings. The molecule has 0 saturated carbocycles. The fraction of sp³-hybridized carbons (Fsp3) is 0.125. The van der Waals surface area contributed by atoms with Gasteiger partial charge in [0.15, 0.2) is 0 Å². The fourth-order valence-corrected chi connectivity index (χ4v) is 2.16. The van der Waals surface area contributed by atoms with Crippen LogP contribution in [0.2, 0.25) is 5.02 Å². The molecule has 1 unspecified atom stereocenters. The Morgan fingerprint density at radius 1 is 1.05 bits per heavy atom. The van der Waals surface area contributed by atoms with Crippen LogP contribution < -0.4 is 0 Å². The van der Waals surface area contributed by atoms with Crippen molar-refractivity contribution in [1.29, 1.82) is 10.5 Å². The third-order valence-corrected chi connectivity index (χ3v) is 3.32. The quantitative estimate of drug-likeness (QED) is 0.841. The van der Waals surface area contributed by atoms with Crippen LogP contribution >= 0.6 is 11.6 Å². The van der Waals surface area contributed by atoms with E-state index in [1.165, 1.54) is 0 Å². The van der Waals surface area contributed by atoms with Gasteiger partial charge in [0.2, 0.25) is 0 Å². The normalized spacial score (nSPS) is 11.3. The van der Waals surface area contributed by atoms with E-state index in [-0.39, 0.29) is 5.92 Å². The van der Waals surface area contributed by atoms with Crippen LogP contribution in [0.25, 0.3) is 0 Å². The van der Waals surface area contributed by atoms with E-state index in [0.29, 0.717) is 17.0 Å². The lowest BCUT2D eigenvalue weighted by molar-refractivity contribution is 0.849. The van der Waals surface area contributed by atoms with Crippen molar-refractivity contribution < 1.29 is 0 Å². The van der Waals surface area contributed by atoms with Crippen molar-refractivity contribution in [3.8, 4) is 12.1 Å². The molecule has 0 radical (unpaired) electrons. The minimum atomic E-state index is -0.298. The monoisotopic (exact) mass is 266 g/mol. The average Bonchev–Trinajstić information content (AvgIpc) is 2.46. The highest BCUT2D eigenvalue weighted by atomic mass is 35.5. The van der Waals surface area contributed by atoms with Crippen LogP contribution in [-0.4, -0.2) is 0 Å². The summed E-state index contributed by atoms with van der Waals surface area (Å²) in [5.74, 6) is -0.298. The summed E-state index contributed by atoms with van der Waals surface area (Å²) in [4.78, 5) is 0. The Labute approximate surface area is 117 Å². The van der Waals surface area contributed by atoms with Crippen molar-refractivity contribution in [2.75, 3.05) is 0 Å². The highest BCUT2D eigenvalue weighted by Gasteiger charge is 2.13. The van der Waals surface area contributed by atoms with E-state index in [2.05, 4.69) is 12.1 Å². The van der Waals surface area contributed by atoms with E-state index in [0.717, 1.165) is 11.1 Å². The second-order valence-corrected chi connectivity index (χ2v) is 4.62. The van der Waals surface area contributed by atoms with E-state index < -0.39 is 0 Å². The predicted molar refractivity (Wildman–Crippen MR) is 74.7 cm³/mol. The van der Waals surface area contributed by atoms with Gasteiger partial charge >= 0.3 is 0 Å². The molecule has 3 heteroatoms. The number of benzene rings is 2.